The summed E-state index contributed by atoms with van der Waals surface area (Å²) in [6.45, 7) is 5.08. The summed E-state index contributed by atoms with van der Waals surface area (Å²) < 4.78 is 70.8. The van der Waals surface area contributed by atoms with Crippen molar-refractivity contribution < 1.29 is 21.6 Å². The standard InChI is InChI=1S/C23H20F3NO2S/c1-17-13-15-21(16-14-17)30(28,29)27-22(18(2)23(24,25)26,19-9-5-3-6-10-19)20-11-7-4-8-12-20/h3-16,27H,2H2,1H3. The van der Waals surface area contributed by atoms with Crippen LogP contribution >= 0.6 is 0 Å². The summed E-state index contributed by atoms with van der Waals surface area (Å²) in [6, 6.07) is 21.2. The average molecular weight is 431 g/mol. The summed E-state index contributed by atoms with van der Waals surface area (Å²) in [6.07, 6.45) is -4.86. The Hall–Kier alpha value is -2.90. The third-order valence-electron chi connectivity index (χ3n) is 4.83. The fourth-order valence-corrected chi connectivity index (χ4v) is 4.64. The molecule has 3 rings (SSSR count). The molecule has 156 valence electrons. The minimum absolute atomic E-state index is 0.106. The van der Waals surface area contributed by atoms with Crippen LogP contribution in [0.1, 0.15) is 16.7 Å². The van der Waals surface area contributed by atoms with Gasteiger partial charge in [0.15, 0.2) is 0 Å². The molecule has 3 aromatic rings. The highest BCUT2D eigenvalue weighted by Gasteiger charge is 2.51. The third-order valence-corrected chi connectivity index (χ3v) is 6.29. The first kappa shape index (κ1) is 21.8. The number of benzene rings is 3. The second-order valence-corrected chi connectivity index (χ2v) is 8.56. The number of hydrogen-bond donors (Lipinski definition) is 1. The van der Waals surface area contributed by atoms with Gasteiger partial charge in [-0.25, -0.2) is 8.42 Å². The molecule has 0 unspecified atom stereocenters. The monoisotopic (exact) mass is 431 g/mol. The van der Waals surface area contributed by atoms with Crippen molar-refractivity contribution in [3.8, 4) is 0 Å². The van der Waals surface area contributed by atoms with E-state index in [4.69, 9.17) is 0 Å². The minimum Gasteiger partial charge on any atom is -0.207 e. The lowest BCUT2D eigenvalue weighted by molar-refractivity contribution is -0.0996. The highest BCUT2D eigenvalue weighted by Crippen LogP contribution is 2.44. The lowest BCUT2D eigenvalue weighted by Gasteiger charge is -2.38. The van der Waals surface area contributed by atoms with Gasteiger partial charge in [0.2, 0.25) is 10.0 Å². The van der Waals surface area contributed by atoms with Crippen LogP contribution in [0.15, 0.2) is 102 Å². The van der Waals surface area contributed by atoms with E-state index in [1.807, 2.05) is 0 Å². The zero-order chi connectivity index (χ0) is 22.0. The second-order valence-electron chi connectivity index (χ2n) is 6.88. The maximum atomic E-state index is 14.0. The van der Waals surface area contributed by atoms with Gasteiger partial charge in [0.1, 0.15) is 5.54 Å². The maximum absolute atomic E-state index is 14.0. The molecule has 0 aliphatic rings. The average Bonchev–Trinajstić information content (AvgIpc) is 2.72. The second kappa shape index (κ2) is 8.08. The van der Waals surface area contributed by atoms with Crippen molar-refractivity contribution >= 4 is 10.0 Å². The number of hydrogen-bond acceptors (Lipinski definition) is 2. The van der Waals surface area contributed by atoms with E-state index in [0.29, 0.717) is 0 Å². The van der Waals surface area contributed by atoms with Gasteiger partial charge in [0.05, 0.1) is 10.5 Å². The van der Waals surface area contributed by atoms with E-state index < -0.39 is 27.3 Å². The van der Waals surface area contributed by atoms with Gasteiger partial charge in [-0.05, 0) is 30.2 Å². The van der Waals surface area contributed by atoms with Crippen molar-refractivity contribution in [2.45, 2.75) is 23.5 Å². The molecule has 0 fully saturated rings. The summed E-state index contributed by atoms with van der Waals surface area (Å²) in [5.41, 5.74) is -2.44. The normalized spacial score (nSPS) is 12.5. The van der Waals surface area contributed by atoms with Gasteiger partial charge < -0.3 is 0 Å². The van der Waals surface area contributed by atoms with E-state index in [1.165, 1.54) is 36.4 Å². The first-order valence-corrected chi connectivity index (χ1v) is 10.5. The summed E-state index contributed by atoms with van der Waals surface area (Å²) in [4.78, 5) is -0.140. The quantitative estimate of drug-likeness (QED) is 0.536. The predicted octanol–water partition coefficient (Wildman–Crippen LogP) is 5.34. The van der Waals surface area contributed by atoms with Crippen LogP contribution in [-0.2, 0) is 15.6 Å². The number of nitrogens with one attached hydrogen (secondary N) is 1. The van der Waals surface area contributed by atoms with Crippen LogP contribution in [0.2, 0.25) is 0 Å². The molecular weight excluding hydrogens is 411 g/mol. The van der Waals surface area contributed by atoms with E-state index in [2.05, 4.69) is 11.3 Å². The molecule has 3 nitrogen and oxygen atoms in total. The summed E-state index contributed by atoms with van der Waals surface area (Å²) in [5.74, 6) is 0. The minimum atomic E-state index is -4.86. The van der Waals surface area contributed by atoms with Gasteiger partial charge in [0, 0.05) is 0 Å². The number of sulfonamides is 1. The van der Waals surface area contributed by atoms with Crippen LogP contribution < -0.4 is 4.72 Å². The Labute approximate surface area is 173 Å². The SMILES string of the molecule is C=C(C(F)(F)F)C(NS(=O)(=O)c1ccc(C)cc1)(c1ccccc1)c1ccccc1. The zero-order valence-electron chi connectivity index (χ0n) is 16.1. The Morgan fingerprint density at radius 2 is 1.23 bits per heavy atom. The molecule has 0 amide bonds. The lowest BCUT2D eigenvalue weighted by Crippen LogP contribution is -2.51. The number of rotatable bonds is 6. The van der Waals surface area contributed by atoms with Crippen molar-refractivity contribution in [2.75, 3.05) is 0 Å². The molecular formula is C23H20F3NO2S. The molecule has 0 bridgehead atoms. The molecule has 30 heavy (non-hydrogen) atoms. The third kappa shape index (κ3) is 4.17. The first-order chi connectivity index (χ1) is 14.1. The fourth-order valence-electron chi connectivity index (χ4n) is 3.26. The van der Waals surface area contributed by atoms with Crippen molar-refractivity contribution in [3.05, 3.63) is 114 Å². The topological polar surface area (TPSA) is 46.2 Å². The van der Waals surface area contributed by atoms with Crippen LogP contribution in [0, 0.1) is 6.92 Å². The molecule has 0 aromatic heterocycles. The zero-order valence-corrected chi connectivity index (χ0v) is 17.0. The van der Waals surface area contributed by atoms with Crippen LogP contribution in [0.25, 0.3) is 0 Å². The van der Waals surface area contributed by atoms with Crippen molar-refractivity contribution in [3.63, 3.8) is 0 Å². The van der Waals surface area contributed by atoms with Gasteiger partial charge in [-0.3, -0.25) is 0 Å². The van der Waals surface area contributed by atoms with Gasteiger partial charge in [-0.1, -0.05) is 84.9 Å². The molecule has 3 aromatic carbocycles. The van der Waals surface area contributed by atoms with Crippen LogP contribution in [-0.4, -0.2) is 14.6 Å². The Kier molecular flexibility index (Phi) is 5.87. The van der Waals surface area contributed by atoms with Gasteiger partial charge in [-0.15, -0.1) is 0 Å². The Balaban J connectivity index is 2.30. The van der Waals surface area contributed by atoms with E-state index in [0.717, 1.165) is 5.56 Å². The Morgan fingerprint density at radius 3 is 1.63 bits per heavy atom. The number of alkyl halides is 3. The van der Waals surface area contributed by atoms with Crippen LogP contribution in [0.5, 0.6) is 0 Å². The summed E-state index contributed by atoms with van der Waals surface area (Å²) in [7, 11) is -4.35. The van der Waals surface area contributed by atoms with Crippen molar-refractivity contribution in [2.24, 2.45) is 0 Å². The van der Waals surface area contributed by atoms with Crippen molar-refractivity contribution in [1.29, 1.82) is 0 Å². The summed E-state index contributed by atoms with van der Waals surface area (Å²) in [5, 5.41) is 0. The molecule has 0 saturated heterocycles. The van der Waals surface area contributed by atoms with E-state index in [1.54, 1.807) is 55.5 Å². The molecule has 0 atom stereocenters. The molecule has 0 saturated carbocycles. The van der Waals surface area contributed by atoms with Crippen molar-refractivity contribution in [1.82, 2.24) is 4.72 Å². The van der Waals surface area contributed by atoms with Crippen LogP contribution in [0.4, 0.5) is 13.2 Å². The predicted molar refractivity (Wildman–Crippen MR) is 110 cm³/mol. The van der Waals surface area contributed by atoms with Crippen LogP contribution in [0.3, 0.4) is 0 Å². The molecule has 0 aliphatic heterocycles. The van der Waals surface area contributed by atoms with Gasteiger partial charge in [-0.2, -0.15) is 17.9 Å². The van der Waals surface area contributed by atoms with E-state index in [-0.39, 0.29) is 16.0 Å². The Morgan fingerprint density at radius 1 is 0.800 bits per heavy atom. The molecule has 0 heterocycles. The van der Waals surface area contributed by atoms with E-state index >= 15 is 0 Å². The van der Waals surface area contributed by atoms with E-state index in [9.17, 15) is 21.6 Å². The number of halogens is 3. The molecule has 0 aliphatic carbocycles. The highest BCUT2D eigenvalue weighted by atomic mass is 32.2. The fraction of sp³-hybridized carbons (Fsp3) is 0.130. The summed E-state index contributed by atoms with van der Waals surface area (Å²) >= 11 is 0. The van der Waals surface area contributed by atoms with Gasteiger partial charge >= 0.3 is 6.18 Å². The molecule has 0 radical (unpaired) electrons. The number of aryl methyl sites for hydroxylation is 1. The lowest BCUT2D eigenvalue weighted by atomic mass is 9.78. The highest BCUT2D eigenvalue weighted by molar-refractivity contribution is 7.89. The first-order valence-electron chi connectivity index (χ1n) is 9.05. The molecule has 0 spiro atoms. The van der Waals surface area contributed by atoms with Gasteiger partial charge in [0.25, 0.3) is 0 Å². The molecule has 1 N–H and O–H groups in total. The largest absolute Gasteiger partial charge is 0.414 e. The molecule has 7 heteroatoms. The smallest absolute Gasteiger partial charge is 0.207 e. The maximum Gasteiger partial charge on any atom is 0.414 e. The Bertz CT molecular complexity index is 1090.